The van der Waals surface area contributed by atoms with Crippen LogP contribution >= 0.6 is 11.6 Å². The Balaban J connectivity index is 2.85. The highest BCUT2D eigenvalue weighted by Crippen LogP contribution is 2.27. The van der Waals surface area contributed by atoms with Crippen molar-refractivity contribution in [2.75, 3.05) is 19.6 Å². The second-order valence-electron chi connectivity index (χ2n) is 5.02. The van der Waals surface area contributed by atoms with Gasteiger partial charge in [0.05, 0.1) is 0 Å². The number of benzene rings is 1. The molecule has 1 aromatic carbocycles. The van der Waals surface area contributed by atoms with Crippen molar-refractivity contribution >= 4 is 11.6 Å². The van der Waals surface area contributed by atoms with E-state index in [0.717, 1.165) is 18.1 Å². The average Bonchev–Trinajstić information content (AvgIpc) is 2.43. The summed E-state index contributed by atoms with van der Waals surface area (Å²) < 4.78 is 0. The Morgan fingerprint density at radius 2 is 1.68 bits per heavy atom. The normalized spacial score (nSPS) is 12.9. The molecule has 108 valence electrons. The first-order valence-electron chi connectivity index (χ1n) is 7.43. The first kappa shape index (κ1) is 16.5. The number of halogens is 1. The van der Waals surface area contributed by atoms with E-state index in [1.54, 1.807) is 0 Å². The highest BCUT2D eigenvalue weighted by Gasteiger charge is 2.20. The molecule has 0 aliphatic rings. The van der Waals surface area contributed by atoms with Crippen LogP contribution in [0.4, 0.5) is 0 Å². The Hall–Kier alpha value is -0.570. The van der Waals surface area contributed by atoms with Crippen molar-refractivity contribution in [2.24, 2.45) is 5.73 Å². The van der Waals surface area contributed by atoms with Gasteiger partial charge in [0.1, 0.15) is 0 Å². The van der Waals surface area contributed by atoms with Crippen LogP contribution in [-0.4, -0.2) is 24.5 Å². The fraction of sp³-hybridized carbons (Fsp3) is 0.625. The molecule has 1 rings (SSSR count). The van der Waals surface area contributed by atoms with Crippen molar-refractivity contribution in [2.45, 2.75) is 45.6 Å². The van der Waals surface area contributed by atoms with E-state index in [-0.39, 0.29) is 6.04 Å². The summed E-state index contributed by atoms with van der Waals surface area (Å²) >= 11 is 6.33. The van der Waals surface area contributed by atoms with E-state index >= 15 is 0 Å². The van der Waals surface area contributed by atoms with Crippen LogP contribution in [0.1, 0.15) is 51.1 Å². The number of rotatable bonds is 9. The van der Waals surface area contributed by atoms with Crippen molar-refractivity contribution in [3.05, 3.63) is 34.9 Å². The number of nitrogens with two attached hydrogens (primary N) is 1. The van der Waals surface area contributed by atoms with Gasteiger partial charge in [-0.25, -0.2) is 0 Å². The second kappa shape index (κ2) is 9.35. The van der Waals surface area contributed by atoms with Crippen LogP contribution in [0.5, 0.6) is 0 Å². The van der Waals surface area contributed by atoms with E-state index in [4.69, 9.17) is 17.3 Å². The molecule has 0 heterocycles. The van der Waals surface area contributed by atoms with Crippen molar-refractivity contribution in [1.29, 1.82) is 0 Å². The van der Waals surface area contributed by atoms with Gasteiger partial charge in [0.15, 0.2) is 0 Å². The molecule has 2 nitrogen and oxygen atoms in total. The molecule has 0 aliphatic heterocycles. The molecule has 0 amide bonds. The molecule has 1 aromatic rings. The molecule has 0 saturated heterocycles. The van der Waals surface area contributed by atoms with Gasteiger partial charge in [0, 0.05) is 17.6 Å². The zero-order chi connectivity index (χ0) is 14.1. The Labute approximate surface area is 122 Å². The lowest BCUT2D eigenvalue weighted by molar-refractivity contribution is 0.195. The zero-order valence-corrected chi connectivity index (χ0v) is 13.0. The topological polar surface area (TPSA) is 29.3 Å². The van der Waals surface area contributed by atoms with E-state index < -0.39 is 0 Å². The summed E-state index contributed by atoms with van der Waals surface area (Å²) in [5.41, 5.74) is 7.18. The Kier molecular flexibility index (Phi) is 8.11. The predicted octanol–water partition coefficient (Wildman–Crippen LogP) is 4.24. The lowest BCUT2D eigenvalue weighted by Crippen LogP contribution is -2.35. The number of nitrogens with zero attached hydrogens (tertiary/aromatic N) is 1. The molecule has 19 heavy (non-hydrogen) atoms. The Morgan fingerprint density at radius 1 is 1.11 bits per heavy atom. The fourth-order valence-corrected chi connectivity index (χ4v) is 2.63. The van der Waals surface area contributed by atoms with Crippen molar-refractivity contribution in [3.63, 3.8) is 0 Å². The van der Waals surface area contributed by atoms with Gasteiger partial charge in [-0.15, -0.1) is 0 Å². The largest absolute Gasteiger partial charge is 0.329 e. The van der Waals surface area contributed by atoms with Gasteiger partial charge >= 0.3 is 0 Å². The first-order valence-corrected chi connectivity index (χ1v) is 7.80. The Morgan fingerprint density at radius 3 is 2.16 bits per heavy atom. The molecular weight excluding hydrogens is 256 g/mol. The SMILES string of the molecule is CCCCN(CCCC)C(CN)c1ccccc1Cl. The smallest absolute Gasteiger partial charge is 0.0485 e. The van der Waals surface area contributed by atoms with Crippen LogP contribution < -0.4 is 5.73 Å². The molecule has 2 N–H and O–H groups in total. The summed E-state index contributed by atoms with van der Waals surface area (Å²) in [6, 6.07) is 8.32. The minimum atomic E-state index is 0.242. The summed E-state index contributed by atoms with van der Waals surface area (Å²) in [5, 5.41) is 0.830. The molecular formula is C16H27ClN2. The fourth-order valence-electron chi connectivity index (χ4n) is 2.36. The molecule has 0 fully saturated rings. The van der Waals surface area contributed by atoms with Crippen molar-refractivity contribution < 1.29 is 0 Å². The summed E-state index contributed by atoms with van der Waals surface area (Å²) in [7, 11) is 0. The monoisotopic (exact) mass is 282 g/mol. The van der Waals surface area contributed by atoms with Crippen LogP contribution in [0.15, 0.2) is 24.3 Å². The van der Waals surface area contributed by atoms with Crippen LogP contribution in [0.3, 0.4) is 0 Å². The van der Waals surface area contributed by atoms with E-state index in [1.807, 2.05) is 18.2 Å². The molecule has 1 atom stereocenters. The van der Waals surface area contributed by atoms with Gasteiger partial charge in [-0.3, -0.25) is 4.90 Å². The summed E-state index contributed by atoms with van der Waals surface area (Å²) in [4.78, 5) is 2.49. The van der Waals surface area contributed by atoms with Crippen LogP contribution in [0, 0.1) is 0 Å². The van der Waals surface area contributed by atoms with Gasteiger partial charge in [0.25, 0.3) is 0 Å². The lowest BCUT2D eigenvalue weighted by Gasteiger charge is -2.31. The Bertz CT molecular complexity index is 346. The minimum absolute atomic E-state index is 0.242. The average molecular weight is 283 g/mol. The maximum absolute atomic E-state index is 6.33. The molecule has 0 saturated carbocycles. The molecule has 0 aliphatic carbocycles. The third-order valence-electron chi connectivity index (χ3n) is 3.53. The molecule has 0 spiro atoms. The van der Waals surface area contributed by atoms with Gasteiger partial charge in [-0.1, -0.05) is 56.5 Å². The summed E-state index contributed by atoms with van der Waals surface area (Å²) in [6.07, 6.45) is 4.85. The summed E-state index contributed by atoms with van der Waals surface area (Å²) in [6.45, 7) is 7.28. The van der Waals surface area contributed by atoms with Crippen LogP contribution in [0.2, 0.25) is 5.02 Å². The van der Waals surface area contributed by atoms with Crippen molar-refractivity contribution in [1.82, 2.24) is 4.90 Å². The maximum Gasteiger partial charge on any atom is 0.0485 e. The van der Waals surface area contributed by atoms with E-state index in [9.17, 15) is 0 Å². The van der Waals surface area contributed by atoms with Gasteiger partial charge in [-0.05, 0) is 37.6 Å². The number of unbranched alkanes of at least 4 members (excludes halogenated alkanes) is 2. The van der Waals surface area contributed by atoms with Crippen LogP contribution in [-0.2, 0) is 0 Å². The number of hydrogen-bond acceptors (Lipinski definition) is 2. The molecule has 1 unspecified atom stereocenters. The highest BCUT2D eigenvalue weighted by molar-refractivity contribution is 6.31. The quantitative estimate of drug-likeness (QED) is 0.734. The maximum atomic E-state index is 6.33. The van der Waals surface area contributed by atoms with E-state index in [2.05, 4.69) is 24.8 Å². The van der Waals surface area contributed by atoms with Gasteiger partial charge < -0.3 is 5.73 Å². The van der Waals surface area contributed by atoms with E-state index in [0.29, 0.717) is 6.54 Å². The third kappa shape index (κ3) is 5.13. The molecule has 3 heteroatoms. The van der Waals surface area contributed by atoms with Gasteiger partial charge in [0.2, 0.25) is 0 Å². The third-order valence-corrected chi connectivity index (χ3v) is 3.87. The summed E-state index contributed by atoms with van der Waals surface area (Å²) in [5.74, 6) is 0. The highest BCUT2D eigenvalue weighted by atomic mass is 35.5. The number of hydrogen-bond donors (Lipinski definition) is 1. The standard InChI is InChI=1S/C16H27ClN2/c1-3-5-11-19(12-6-4-2)16(13-18)14-9-7-8-10-15(14)17/h7-10,16H,3-6,11-13,18H2,1-2H3. The molecule has 0 bridgehead atoms. The van der Waals surface area contributed by atoms with E-state index in [1.165, 1.54) is 31.2 Å². The minimum Gasteiger partial charge on any atom is -0.329 e. The second-order valence-corrected chi connectivity index (χ2v) is 5.42. The zero-order valence-electron chi connectivity index (χ0n) is 12.2. The molecule has 0 radical (unpaired) electrons. The molecule has 0 aromatic heterocycles. The first-order chi connectivity index (χ1) is 9.24. The lowest BCUT2D eigenvalue weighted by atomic mass is 10.0. The predicted molar refractivity (Wildman–Crippen MR) is 84.6 cm³/mol. The van der Waals surface area contributed by atoms with Crippen molar-refractivity contribution in [3.8, 4) is 0 Å². The van der Waals surface area contributed by atoms with Gasteiger partial charge in [-0.2, -0.15) is 0 Å². The van der Waals surface area contributed by atoms with Crippen LogP contribution in [0.25, 0.3) is 0 Å².